The second-order valence-electron chi connectivity index (χ2n) is 9.69. The molecule has 1 saturated heterocycles. The summed E-state index contributed by atoms with van der Waals surface area (Å²) in [6, 6.07) is 3.72. The Labute approximate surface area is 176 Å². The third kappa shape index (κ3) is 3.16. The molecule has 30 heavy (non-hydrogen) atoms. The molecule has 0 bridgehead atoms. The summed E-state index contributed by atoms with van der Waals surface area (Å²) in [5, 5.41) is 9.52. The Balaban J connectivity index is 1.55. The van der Waals surface area contributed by atoms with Gasteiger partial charge in [0, 0.05) is 29.9 Å². The zero-order chi connectivity index (χ0) is 21.2. The van der Waals surface area contributed by atoms with E-state index in [2.05, 4.69) is 4.90 Å². The van der Waals surface area contributed by atoms with Crippen LogP contribution in [0.4, 0.5) is 10.1 Å². The number of carboxylic acid groups (broad SMARTS) is 1. The second kappa shape index (κ2) is 6.91. The molecular formula is C24H29FN2O3. The number of hydrogen-bond donors (Lipinski definition) is 2. The summed E-state index contributed by atoms with van der Waals surface area (Å²) in [6.07, 6.45) is 5.61. The van der Waals surface area contributed by atoms with E-state index in [4.69, 9.17) is 5.73 Å². The lowest BCUT2D eigenvalue weighted by Crippen LogP contribution is -2.34. The van der Waals surface area contributed by atoms with Crippen molar-refractivity contribution in [1.29, 1.82) is 0 Å². The number of carbonyl (C=O) groups is 2. The second-order valence-corrected chi connectivity index (χ2v) is 9.69. The minimum absolute atomic E-state index is 0.0125. The lowest BCUT2D eigenvalue weighted by atomic mass is 9.79. The molecule has 1 heterocycles. The van der Waals surface area contributed by atoms with Gasteiger partial charge in [-0.2, -0.15) is 0 Å². The molecule has 6 heteroatoms. The summed E-state index contributed by atoms with van der Waals surface area (Å²) >= 11 is 0. The van der Waals surface area contributed by atoms with Crippen LogP contribution in [0.1, 0.15) is 65.9 Å². The molecule has 0 amide bonds. The van der Waals surface area contributed by atoms with Crippen molar-refractivity contribution >= 4 is 17.4 Å². The fraction of sp³-hybridized carbons (Fsp3) is 0.583. The molecule has 0 radical (unpaired) electrons. The number of carboxylic acids is 1. The molecule has 1 aromatic rings. The summed E-state index contributed by atoms with van der Waals surface area (Å²) in [7, 11) is 0. The van der Waals surface area contributed by atoms with Crippen LogP contribution in [-0.4, -0.2) is 41.7 Å². The van der Waals surface area contributed by atoms with E-state index in [9.17, 15) is 19.1 Å². The van der Waals surface area contributed by atoms with Gasteiger partial charge in [0.05, 0.1) is 0 Å². The average molecular weight is 413 g/mol. The standard InChI is InChI=1S/C24H29FN2O3/c1-13-20(27-10-7-14(12-27)24(26)8-9-24)6-5-16-21(13)15(18-11-19(18)25)3-2-4-17(22(16)28)23(29)30/h4-6,14-15,18-19H,2-3,7-12,26H2,1H3,(H,29,30)/b17-4+/t14-,15-,18?,19+/m1/s1. The molecule has 4 atom stereocenters. The topological polar surface area (TPSA) is 83.6 Å². The van der Waals surface area contributed by atoms with E-state index in [1.54, 1.807) is 6.07 Å². The molecule has 1 aliphatic heterocycles. The van der Waals surface area contributed by atoms with Crippen molar-refractivity contribution < 1.29 is 19.1 Å². The van der Waals surface area contributed by atoms with Crippen molar-refractivity contribution in [2.24, 2.45) is 17.6 Å². The van der Waals surface area contributed by atoms with Gasteiger partial charge in [-0.15, -0.1) is 0 Å². The first-order valence-corrected chi connectivity index (χ1v) is 11.1. The number of anilines is 1. The molecule has 5 nitrogen and oxygen atoms in total. The number of alkyl halides is 1. The molecule has 3 N–H and O–H groups in total. The van der Waals surface area contributed by atoms with Gasteiger partial charge in [0.25, 0.3) is 0 Å². The highest BCUT2D eigenvalue weighted by molar-refractivity contribution is 6.24. The van der Waals surface area contributed by atoms with Gasteiger partial charge in [-0.3, -0.25) is 4.79 Å². The van der Waals surface area contributed by atoms with Gasteiger partial charge < -0.3 is 15.7 Å². The third-order valence-corrected chi connectivity index (χ3v) is 7.85. The molecule has 4 aliphatic rings. The van der Waals surface area contributed by atoms with Crippen LogP contribution in [-0.2, 0) is 4.79 Å². The summed E-state index contributed by atoms with van der Waals surface area (Å²) in [4.78, 5) is 27.1. The Morgan fingerprint density at radius 3 is 2.67 bits per heavy atom. The monoisotopic (exact) mass is 412 g/mol. The third-order valence-electron chi connectivity index (χ3n) is 7.85. The number of carbonyl (C=O) groups excluding carboxylic acids is 1. The minimum atomic E-state index is -1.19. The summed E-state index contributed by atoms with van der Waals surface area (Å²) in [6.45, 7) is 3.85. The van der Waals surface area contributed by atoms with Crippen molar-refractivity contribution in [2.45, 2.75) is 63.1 Å². The number of Topliss-reactive ketones (excluding diaryl/α,β-unsaturated/α-hetero) is 1. The minimum Gasteiger partial charge on any atom is -0.478 e. The van der Waals surface area contributed by atoms with Crippen LogP contribution in [0.25, 0.3) is 0 Å². The molecular weight excluding hydrogens is 383 g/mol. The maximum atomic E-state index is 14.1. The van der Waals surface area contributed by atoms with Gasteiger partial charge in [0.15, 0.2) is 5.78 Å². The fourth-order valence-corrected chi connectivity index (χ4v) is 5.74. The lowest BCUT2D eigenvalue weighted by Gasteiger charge is -2.29. The highest BCUT2D eigenvalue weighted by Gasteiger charge is 2.49. The zero-order valence-corrected chi connectivity index (χ0v) is 17.4. The van der Waals surface area contributed by atoms with E-state index in [-0.39, 0.29) is 22.9 Å². The maximum Gasteiger partial charge on any atom is 0.339 e. The Bertz CT molecular complexity index is 952. The maximum absolute atomic E-state index is 14.1. The predicted molar refractivity (Wildman–Crippen MR) is 113 cm³/mol. The smallest absolute Gasteiger partial charge is 0.339 e. The summed E-state index contributed by atoms with van der Waals surface area (Å²) < 4.78 is 14.1. The van der Waals surface area contributed by atoms with Crippen LogP contribution in [0.2, 0.25) is 0 Å². The van der Waals surface area contributed by atoms with E-state index >= 15 is 0 Å². The Hall–Kier alpha value is -2.21. The number of rotatable bonds is 4. The average Bonchev–Trinajstić information content (AvgIpc) is 3.55. The van der Waals surface area contributed by atoms with Crippen molar-refractivity contribution in [2.75, 3.05) is 18.0 Å². The SMILES string of the molecule is Cc1c(N2CC[C@@H](C3(N)CC3)C2)ccc2c1[C@@H](C1C[C@@H]1F)CC/C=C(/C(=O)O)C2=O. The molecule has 160 valence electrons. The first-order valence-electron chi connectivity index (χ1n) is 11.1. The number of halogens is 1. The van der Waals surface area contributed by atoms with Gasteiger partial charge in [-0.25, -0.2) is 9.18 Å². The van der Waals surface area contributed by atoms with Crippen molar-refractivity contribution in [3.8, 4) is 0 Å². The predicted octanol–water partition coefficient (Wildman–Crippen LogP) is 3.74. The van der Waals surface area contributed by atoms with Gasteiger partial charge >= 0.3 is 5.97 Å². The van der Waals surface area contributed by atoms with Crippen LogP contribution in [0, 0.1) is 18.8 Å². The molecule has 1 unspecified atom stereocenters. The zero-order valence-electron chi connectivity index (χ0n) is 17.4. The van der Waals surface area contributed by atoms with Crippen molar-refractivity contribution in [3.63, 3.8) is 0 Å². The Morgan fingerprint density at radius 1 is 1.30 bits per heavy atom. The lowest BCUT2D eigenvalue weighted by molar-refractivity contribution is -0.132. The molecule has 0 aromatic heterocycles. The number of nitrogens with two attached hydrogens (primary N) is 1. The van der Waals surface area contributed by atoms with Crippen LogP contribution >= 0.6 is 0 Å². The summed E-state index contributed by atoms with van der Waals surface area (Å²) in [5.41, 5.74) is 9.65. The van der Waals surface area contributed by atoms with Crippen LogP contribution < -0.4 is 10.6 Å². The van der Waals surface area contributed by atoms with Gasteiger partial charge in [0.2, 0.25) is 0 Å². The van der Waals surface area contributed by atoms with Gasteiger partial charge in [-0.1, -0.05) is 6.08 Å². The van der Waals surface area contributed by atoms with Crippen molar-refractivity contribution in [1.82, 2.24) is 0 Å². The Morgan fingerprint density at radius 2 is 2.03 bits per heavy atom. The largest absolute Gasteiger partial charge is 0.478 e. The molecule has 5 rings (SSSR count). The number of ketones is 1. The highest BCUT2D eigenvalue weighted by atomic mass is 19.1. The van der Waals surface area contributed by atoms with E-state index in [1.807, 2.05) is 13.0 Å². The quantitative estimate of drug-likeness (QED) is 0.736. The molecule has 3 aliphatic carbocycles. The van der Waals surface area contributed by atoms with Crippen LogP contribution in [0.15, 0.2) is 23.8 Å². The molecule has 0 spiro atoms. The molecule has 1 aromatic carbocycles. The van der Waals surface area contributed by atoms with E-state index in [1.165, 1.54) is 6.08 Å². The van der Waals surface area contributed by atoms with Gasteiger partial charge in [0.1, 0.15) is 11.7 Å². The fourth-order valence-electron chi connectivity index (χ4n) is 5.74. The Kier molecular flexibility index (Phi) is 4.54. The van der Waals surface area contributed by atoms with E-state index < -0.39 is 17.9 Å². The van der Waals surface area contributed by atoms with Crippen LogP contribution in [0.3, 0.4) is 0 Å². The van der Waals surface area contributed by atoms with Crippen LogP contribution in [0.5, 0.6) is 0 Å². The summed E-state index contributed by atoms with van der Waals surface area (Å²) in [5.74, 6) is -1.29. The van der Waals surface area contributed by atoms with E-state index in [0.717, 1.165) is 49.2 Å². The number of aliphatic carboxylic acids is 1. The normalized spacial score (nSPS) is 33.9. The molecule has 3 fully saturated rings. The number of benzene rings is 1. The van der Waals surface area contributed by atoms with Gasteiger partial charge in [-0.05, 0) is 86.5 Å². The van der Waals surface area contributed by atoms with Crippen molar-refractivity contribution in [3.05, 3.63) is 40.5 Å². The number of allylic oxidation sites excluding steroid dienone is 1. The number of hydrogen-bond acceptors (Lipinski definition) is 4. The number of fused-ring (bicyclic) bond motifs is 1. The first-order chi connectivity index (χ1) is 14.3. The number of nitrogens with zero attached hydrogens (tertiary/aromatic N) is 1. The molecule has 2 saturated carbocycles. The first kappa shape index (κ1) is 19.7. The highest BCUT2D eigenvalue weighted by Crippen LogP contribution is 2.51. The van der Waals surface area contributed by atoms with E-state index in [0.29, 0.717) is 30.7 Å².